The maximum atomic E-state index is 6.01. The monoisotopic (exact) mass is 422 g/mol. The Balaban J connectivity index is 2.57. The fraction of sp³-hybridized carbons (Fsp3) is 0.167. The van der Waals surface area contributed by atoms with E-state index in [1.165, 1.54) is 11.1 Å². The molecule has 0 unspecified atom stereocenters. The Morgan fingerprint density at radius 2 is 1.82 bits per heavy atom. The van der Waals surface area contributed by atoms with Gasteiger partial charge in [-0.3, -0.25) is 0 Å². The Morgan fingerprint density at radius 3 is 2.35 bits per heavy atom. The van der Waals surface area contributed by atoms with Crippen LogP contribution in [0.4, 0.5) is 0 Å². The molecule has 1 aromatic heterocycles. The third-order valence-corrected chi connectivity index (χ3v) is 5.04. The number of aromatic nitrogens is 2. The zero-order valence-corrected chi connectivity index (χ0v) is 13.8. The van der Waals surface area contributed by atoms with Crippen molar-refractivity contribution in [2.75, 3.05) is 0 Å². The minimum absolute atomic E-state index is 0.494. The first-order chi connectivity index (χ1) is 7.99. The SMILES string of the molecule is Cc1cc(-c2ncc(I)c(Cl)n2)cc(C)c1Br. The highest BCUT2D eigenvalue weighted by Gasteiger charge is 2.08. The van der Waals surface area contributed by atoms with Crippen LogP contribution in [0.1, 0.15) is 11.1 Å². The largest absolute Gasteiger partial charge is 0.235 e. The summed E-state index contributed by atoms with van der Waals surface area (Å²) in [6.45, 7) is 4.10. The number of halogens is 3. The first-order valence-electron chi connectivity index (χ1n) is 4.94. The number of hydrogen-bond acceptors (Lipinski definition) is 2. The van der Waals surface area contributed by atoms with Crippen molar-refractivity contribution >= 4 is 50.1 Å². The first kappa shape index (κ1) is 13.2. The van der Waals surface area contributed by atoms with Gasteiger partial charge in [-0.05, 0) is 59.7 Å². The fourth-order valence-electron chi connectivity index (χ4n) is 1.56. The fourth-order valence-corrected chi connectivity index (χ4v) is 2.18. The summed E-state index contributed by atoms with van der Waals surface area (Å²) >= 11 is 11.7. The summed E-state index contributed by atoms with van der Waals surface area (Å²) < 4.78 is 1.98. The van der Waals surface area contributed by atoms with Gasteiger partial charge in [-0.25, -0.2) is 9.97 Å². The van der Waals surface area contributed by atoms with Gasteiger partial charge in [0.15, 0.2) is 5.82 Å². The second-order valence-corrected chi connectivity index (χ2v) is 6.07. The van der Waals surface area contributed by atoms with Gasteiger partial charge >= 0.3 is 0 Å². The Kier molecular flexibility index (Phi) is 4.05. The van der Waals surface area contributed by atoms with Crippen molar-refractivity contribution < 1.29 is 0 Å². The molecule has 1 heterocycles. The molecule has 2 aromatic rings. The molecule has 2 rings (SSSR count). The van der Waals surface area contributed by atoms with Crippen molar-refractivity contribution in [3.63, 3.8) is 0 Å². The number of hydrogen-bond donors (Lipinski definition) is 0. The molecule has 0 radical (unpaired) electrons. The highest BCUT2D eigenvalue weighted by Crippen LogP contribution is 2.27. The van der Waals surface area contributed by atoms with Crippen LogP contribution in [0.5, 0.6) is 0 Å². The molecule has 0 saturated heterocycles. The number of aryl methyl sites for hydroxylation is 2. The van der Waals surface area contributed by atoms with Gasteiger partial charge in [-0.2, -0.15) is 0 Å². The zero-order chi connectivity index (χ0) is 12.6. The minimum Gasteiger partial charge on any atom is -0.235 e. The van der Waals surface area contributed by atoms with E-state index >= 15 is 0 Å². The quantitative estimate of drug-likeness (QED) is 0.487. The molecule has 0 fully saturated rings. The van der Waals surface area contributed by atoms with Gasteiger partial charge in [0.25, 0.3) is 0 Å². The lowest BCUT2D eigenvalue weighted by Gasteiger charge is -2.07. The number of rotatable bonds is 1. The lowest BCUT2D eigenvalue weighted by atomic mass is 10.1. The second kappa shape index (κ2) is 5.20. The van der Waals surface area contributed by atoms with Crippen molar-refractivity contribution in [3.8, 4) is 11.4 Å². The highest BCUT2D eigenvalue weighted by molar-refractivity contribution is 14.1. The van der Waals surface area contributed by atoms with E-state index in [-0.39, 0.29) is 0 Å². The molecule has 0 aliphatic rings. The van der Waals surface area contributed by atoms with Crippen LogP contribution in [-0.2, 0) is 0 Å². The van der Waals surface area contributed by atoms with Gasteiger partial charge in [-0.15, -0.1) is 0 Å². The average molecular weight is 423 g/mol. The number of benzene rings is 1. The molecule has 0 spiro atoms. The van der Waals surface area contributed by atoms with E-state index in [0.29, 0.717) is 11.0 Å². The summed E-state index contributed by atoms with van der Waals surface area (Å²) in [5.74, 6) is 0.661. The Bertz CT molecular complexity index is 564. The molecular formula is C12H9BrClIN2. The van der Waals surface area contributed by atoms with Gasteiger partial charge in [0.05, 0.1) is 3.57 Å². The maximum absolute atomic E-state index is 6.01. The normalized spacial score (nSPS) is 10.6. The van der Waals surface area contributed by atoms with Gasteiger partial charge in [0.2, 0.25) is 0 Å². The van der Waals surface area contributed by atoms with Gasteiger partial charge in [0.1, 0.15) is 5.15 Å². The summed E-state index contributed by atoms with van der Waals surface area (Å²) in [7, 11) is 0. The standard InChI is InChI=1S/C12H9BrClIN2/c1-6-3-8(4-7(2)10(6)13)12-16-5-9(15)11(14)17-12/h3-5H,1-2H3. The maximum Gasteiger partial charge on any atom is 0.160 e. The van der Waals surface area contributed by atoms with Crippen LogP contribution in [0.2, 0.25) is 5.15 Å². The van der Waals surface area contributed by atoms with E-state index in [4.69, 9.17) is 11.6 Å². The van der Waals surface area contributed by atoms with E-state index in [0.717, 1.165) is 13.6 Å². The molecule has 88 valence electrons. The molecule has 17 heavy (non-hydrogen) atoms. The molecule has 0 N–H and O–H groups in total. The van der Waals surface area contributed by atoms with Crippen molar-refractivity contribution in [2.24, 2.45) is 0 Å². The second-order valence-electron chi connectivity index (χ2n) is 3.76. The summed E-state index contributed by atoms with van der Waals surface area (Å²) in [4.78, 5) is 8.59. The van der Waals surface area contributed by atoms with E-state index in [1.807, 2.05) is 0 Å². The predicted octanol–water partition coefficient (Wildman–Crippen LogP) is 4.78. The van der Waals surface area contributed by atoms with Crippen molar-refractivity contribution in [2.45, 2.75) is 13.8 Å². The minimum atomic E-state index is 0.494. The summed E-state index contributed by atoms with van der Waals surface area (Å²) in [6.07, 6.45) is 1.73. The summed E-state index contributed by atoms with van der Waals surface area (Å²) in [5.41, 5.74) is 3.32. The molecule has 0 aliphatic carbocycles. The molecule has 0 aliphatic heterocycles. The highest BCUT2D eigenvalue weighted by atomic mass is 127. The van der Waals surface area contributed by atoms with Crippen LogP contribution in [0, 0.1) is 17.4 Å². The molecule has 2 nitrogen and oxygen atoms in total. The zero-order valence-electron chi connectivity index (χ0n) is 9.26. The third kappa shape index (κ3) is 2.80. The van der Waals surface area contributed by atoms with Gasteiger partial charge in [0, 0.05) is 16.2 Å². The van der Waals surface area contributed by atoms with Gasteiger partial charge < -0.3 is 0 Å². The van der Waals surface area contributed by atoms with E-state index in [9.17, 15) is 0 Å². The van der Waals surface area contributed by atoms with Crippen LogP contribution in [0.25, 0.3) is 11.4 Å². The van der Waals surface area contributed by atoms with Crippen molar-refractivity contribution in [1.29, 1.82) is 0 Å². The molecule has 0 atom stereocenters. The van der Waals surface area contributed by atoms with Gasteiger partial charge in [-0.1, -0.05) is 27.5 Å². The topological polar surface area (TPSA) is 25.8 Å². The van der Waals surface area contributed by atoms with E-state index < -0.39 is 0 Å². The van der Waals surface area contributed by atoms with E-state index in [2.05, 4.69) is 74.5 Å². The Labute approximate surface area is 127 Å². The van der Waals surface area contributed by atoms with Crippen LogP contribution < -0.4 is 0 Å². The average Bonchev–Trinajstić information content (AvgIpc) is 2.29. The lowest BCUT2D eigenvalue weighted by molar-refractivity contribution is 1.15. The Hall–Kier alpha value is -0.200. The van der Waals surface area contributed by atoms with Crippen molar-refractivity contribution in [1.82, 2.24) is 9.97 Å². The molecule has 0 saturated carbocycles. The third-order valence-electron chi connectivity index (χ3n) is 2.40. The summed E-state index contributed by atoms with van der Waals surface area (Å²) in [6, 6.07) is 4.10. The summed E-state index contributed by atoms with van der Waals surface area (Å²) in [5, 5.41) is 0.494. The van der Waals surface area contributed by atoms with Crippen LogP contribution in [0.15, 0.2) is 22.8 Å². The van der Waals surface area contributed by atoms with Crippen molar-refractivity contribution in [3.05, 3.63) is 42.7 Å². The smallest absolute Gasteiger partial charge is 0.160 e. The molecular weight excluding hydrogens is 414 g/mol. The van der Waals surface area contributed by atoms with Crippen LogP contribution in [-0.4, -0.2) is 9.97 Å². The Morgan fingerprint density at radius 1 is 1.24 bits per heavy atom. The first-order valence-corrected chi connectivity index (χ1v) is 7.19. The van der Waals surface area contributed by atoms with Crippen LogP contribution >= 0.6 is 50.1 Å². The van der Waals surface area contributed by atoms with E-state index in [1.54, 1.807) is 6.20 Å². The predicted molar refractivity (Wildman–Crippen MR) is 82.4 cm³/mol. The molecule has 0 amide bonds. The van der Waals surface area contributed by atoms with Crippen LogP contribution in [0.3, 0.4) is 0 Å². The molecule has 0 bridgehead atoms. The lowest BCUT2D eigenvalue weighted by Crippen LogP contribution is -1.93. The molecule has 5 heteroatoms. The number of nitrogens with zero attached hydrogens (tertiary/aromatic N) is 2. The molecule has 1 aromatic carbocycles.